The zero-order valence-corrected chi connectivity index (χ0v) is 13.5. The average molecular weight is 292 g/mol. The highest BCUT2D eigenvalue weighted by molar-refractivity contribution is 5.37. The Hall–Kier alpha value is -1.10. The fourth-order valence-electron chi connectivity index (χ4n) is 2.69. The van der Waals surface area contributed by atoms with Gasteiger partial charge in [0.05, 0.1) is 20.3 Å². The molecule has 21 heavy (non-hydrogen) atoms. The average Bonchev–Trinajstić information content (AvgIpc) is 2.50. The number of methoxy groups -OCH3 is 1. The van der Waals surface area contributed by atoms with Crippen LogP contribution in [-0.4, -0.2) is 44.4 Å². The van der Waals surface area contributed by atoms with Crippen molar-refractivity contribution in [2.24, 2.45) is 0 Å². The molecule has 1 fully saturated rings. The Bertz CT molecular complexity index is 437. The van der Waals surface area contributed by atoms with Gasteiger partial charge in [-0.15, -0.1) is 0 Å². The Kier molecular flexibility index (Phi) is 6.49. The first-order valence-corrected chi connectivity index (χ1v) is 7.93. The quantitative estimate of drug-likeness (QED) is 0.783. The number of morpholine rings is 1. The lowest BCUT2D eigenvalue weighted by molar-refractivity contribution is -0.00464. The summed E-state index contributed by atoms with van der Waals surface area (Å²) in [5.41, 5.74) is 2.59. The molecule has 2 rings (SSSR count). The summed E-state index contributed by atoms with van der Waals surface area (Å²) < 4.78 is 11.0. The van der Waals surface area contributed by atoms with E-state index in [9.17, 15) is 0 Å². The Morgan fingerprint density at radius 1 is 1.43 bits per heavy atom. The van der Waals surface area contributed by atoms with E-state index < -0.39 is 0 Å². The van der Waals surface area contributed by atoms with Crippen molar-refractivity contribution in [2.45, 2.75) is 39.4 Å². The molecular formula is C17H28N2O2. The van der Waals surface area contributed by atoms with Crippen LogP contribution in [0.25, 0.3) is 0 Å². The Labute approximate surface area is 128 Å². The number of benzene rings is 1. The minimum atomic E-state index is 0.463. The van der Waals surface area contributed by atoms with Crippen molar-refractivity contribution >= 4 is 0 Å². The molecule has 4 heteroatoms. The van der Waals surface area contributed by atoms with Gasteiger partial charge in [-0.25, -0.2) is 0 Å². The lowest BCUT2D eigenvalue weighted by atomic mass is 10.1. The Morgan fingerprint density at radius 2 is 2.29 bits per heavy atom. The van der Waals surface area contributed by atoms with Crippen LogP contribution in [0.1, 0.15) is 31.4 Å². The van der Waals surface area contributed by atoms with Gasteiger partial charge in [-0.1, -0.05) is 13.0 Å². The van der Waals surface area contributed by atoms with Gasteiger partial charge in [0, 0.05) is 31.2 Å². The second-order valence-corrected chi connectivity index (χ2v) is 5.72. The molecule has 1 N–H and O–H groups in total. The number of rotatable bonds is 7. The van der Waals surface area contributed by atoms with Gasteiger partial charge in [-0.05, 0) is 37.6 Å². The highest BCUT2D eigenvalue weighted by atomic mass is 16.5. The van der Waals surface area contributed by atoms with E-state index in [2.05, 4.69) is 42.3 Å². The molecule has 0 saturated carbocycles. The van der Waals surface area contributed by atoms with Crippen molar-refractivity contribution in [1.29, 1.82) is 0 Å². The van der Waals surface area contributed by atoms with Gasteiger partial charge in [-0.3, -0.25) is 4.90 Å². The van der Waals surface area contributed by atoms with Gasteiger partial charge >= 0.3 is 0 Å². The maximum absolute atomic E-state index is 5.52. The topological polar surface area (TPSA) is 33.7 Å². The summed E-state index contributed by atoms with van der Waals surface area (Å²) in [6.07, 6.45) is 1.16. The summed E-state index contributed by atoms with van der Waals surface area (Å²) in [5, 5.41) is 3.45. The third kappa shape index (κ3) is 4.70. The van der Waals surface area contributed by atoms with E-state index in [0.29, 0.717) is 6.04 Å². The van der Waals surface area contributed by atoms with Crippen LogP contribution in [-0.2, 0) is 17.8 Å². The highest BCUT2D eigenvalue weighted by Crippen LogP contribution is 2.23. The number of nitrogens with one attached hydrogen (secondary N) is 1. The predicted molar refractivity (Wildman–Crippen MR) is 85.7 cm³/mol. The number of ether oxygens (including phenoxy) is 2. The molecule has 0 radical (unpaired) electrons. The molecule has 1 aromatic carbocycles. The van der Waals surface area contributed by atoms with E-state index in [0.717, 1.165) is 51.6 Å². The van der Waals surface area contributed by atoms with Gasteiger partial charge in [0.15, 0.2) is 0 Å². The summed E-state index contributed by atoms with van der Waals surface area (Å²) in [6, 6.07) is 6.96. The Morgan fingerprint density at radius 3 is 3.00 bits per heavy atom. The van der Waals surface area contributed by atoms with Crippen LogP contribution >= 0.6 is 0 Å². The van der Waals surface area contributed by atoms with Crippen LogP contribution in [0, 0.1) is 0 Å². The van der Waals surface area contributed by atoms with Crippen molar-refractivity contribution in [2.75, 3.05) is 33.4 Å². The van der Waals surface area contributed by atoms with E-state index in [1.54, 1.807) is 7.11 Å². The third-order valence-electron chi connectivity index (χ3n) is 3.98. The summed E-state index contributed by atoms with van der Waals surface area (Å²) in [7, 11) is 1.75. The van der Waals surface area contributed by atoms with Gasteiger partial charge in [0.2, 0.25) is 0 Å². The molecule has 1 saturated heterocycles. The summed E-state index contributed by atoms with van der Waals surface area (Å²) in [6.45, 7) is 9.94. The molecule has 0 spiro atoms. The molecule has 1 atom stereocenters. The first kappa shape index (κ1) is 16.3. The minimum absolute atomic E-state index is 0.463. The summed E-state index contributed by atoms with van der Waals surface area (Å²) in [4.78, 5) is 2.46. The minimum Gasteiger partial charge on any atom is -0.496 e. The van der Waals surface area contributed by atoms with Crippen molar-refractivity contribution in [3.8, 4) is 5.75 Å². The maximum atomic E-state index is 5.52. The second-order valence-electron chi connectivity index (χ2n) is 5.72. The second kappa shape index (κ2) is 8.37. The molecule has 1 aliphatic rings. The first-order valence-electron chi connectivity index (χ1n) is 7.93. The molecule has 4 nitrogen and oxygen atoms in total. The maximum Gasteiger partial charge on any atom is 0.123 e. The normalized spacial score (nSPS) is 19.7. The van der Waals surface area contributed by atoms with E-state index in [-0.39, 0.29) is 0 Å². The molecule has 1 aliphatic heterocycles. The summed E-state index contributed by atoms with van der Waals surface area (Å²) in [5.74, 6) is 0.980. The van der Waals surface area contributed by atoms with E-state index in [4.69, 9.17) is 9.47 Å². The predicted octanol–water partition coefficient (Wildman–Crippen LogP) is 2.42. The van der Waals surface area contributed by atoms with Gasteiger partial charge in [0.25, 0.3) is 0 Å². The van der Waals surface area contributed by atoms with Crippen LogP contribution in [0.3, 0.4) is 0 Å². The van der Waals surface area contributed by atoms with Gasteiger partial charge in [0.1, 0.15) is 5.75 Å². The molecule has 0 aromatic heterocycles. The van der Waals surface area contributed by atoms with Crippen LogP contribution in [0.5, 0.6) is 5.75 Å². The molecule has 0 aliphatic carbocycles. The smallest absolute Gasteiger partial charge is 0.123 e. The van der Waals surface area contributed by atoms with Crippen molar-refractivity contribution in [3.05, 3.63) is 29.3 Å². The lowest BCUT2D eigenvalue weighted by Crippen LogP contribution is -2.43. The van der Waals surface area contributed by atoms with Crippen LogP contribution in [0.15, 0.2) is 18.2 Å². The highest BCUT2D eigenvalue weighted by Gasteiger charge is 2.20. The monoisotopic (exact) mass is 292 g/mol. The van der Waals surface area contributed by atoms with Crippen LogP contribution in [0.4, 0.5) is 0 Å². The zero-order valence-electron chi connectivity index (χ0n) is 13.5. The van der Waals surface area contributed by atoms with E-state index in [1.165, 1.54) is 11.1 Å². The SMILES string of the molecule is CCCNCc1ccc(OC)c(CN2CCOCC2C)c1. The molecule has 1 unspecified atom stereocenters. The van der Waals surface area contributed by atoms with Crippen molar-refractivity contribution in [1.82, 2.24) is 10.2 Å². The fourth-order valence-corrected chi connectivity index (χ4v) is 2.69. The molecule has 1 aromatic rings. The van der Waals surface area contributed by atoms with Gasteiger partial charge < -0.3 is 14.8 Å². The van der Waals surface area contributed by atoms with E-state index in [1.807, 2.05) is 0 Å². The third-order valence-corrected chi connectivity index (χ3v) is 3.98. The van der Waals surface area contributed by atoms with Crippen molar-refractivity contribution < 1.29 is 9.47 Å². The molecule has 0 amide bonds. The molecule has 118 valence electrons. The first-order chi connectivity index (χ1) is 10.2. The zero-order chi connectivity index (χ0) is 15.1. The summed E-state index contributed by atoms with van der Waals surface area (Å²) >= 11 is 0. The molecular weight excluding hydrogens is 264 g/mol. The number of hydrogen-bond acceptors (Lipinski definition) is 4. The van der Waals surface area contributed by atoms with Crippen LogP contribution in [0.2, 0.25) is 0 Å². The largest absolute Gasteiger partial charge is 0.496 e. The van der Waals surface area contributed by atoms with E-state index >= 15 is 0 Å². The number of hydrogen-bond donors (Lipinski definition) is 1. The number of nitrogens with zero attached hydrogens (tertiary/aromatic N) is 1. The lowest BCUT2D eigenvalue weighted by Gasteiger charge is -2.33. The fraction of sp³-hybridized carbons (Fsp3) is 0.647. The van der Waals surface area contributed by atoms with Crippen LogP contribution < -0.4 is 10.1 Å². The molecule has 0 bridgehead atoms. The van der Waals surface area contributed by atoms with Gasteiger partial charge in [-0.2, -0.15) is 0 Å². The van der Waals surface area contributed by atoms with Crippen molar-refractivity contribution in [3.63, 3.8) is 0 Å². The standard InChI is InChI=1S/C17H28N2O2/c1-4-7-18-11-15-5-6-17(20-3)16(10-15)12-19-8-9-21-13-14(19)2/h5-6,10,14,18H,4,7-9,11-13H2,1-3H3. The molecule has 1 heterocycles. The Balaban J connectivity index is 2.06.